The van der Waals surface area contributed by atoms with Crippen LogP contribution in [-0.2, 0) is 0 Å². The van der Waals surface area contributed by atoms with Gasteiger partial charge in [-0.25, -0.2) is 4.99 Å². The molecule has 10 aromatic carbocycles. The predicted molar refractivity (Wildman–Crippen MR) is 257 cm³/mol. The molecule has 0 bridgehead atoms. The molecule has 0 aromatic heterocycles. The van der Waals surface area contributed by atoms with Crippen molar-refractivity contribution in [1.82, 2.24) is 10.6 Å². The van der Waals surface area contributed by atoms with E-state index in [0.717, 1.165) is 44.8 Å². The molecule has 292 valence electrons. The highest BCUT2D eigenvalue weighted by Gasteiger charge is 2.26. The molecule has 11 rings (SSSR count). The van der Waals surface area contributed by atoms with Crippen molar-refractivity contribution in [2.75, 3.05) is 0 Å². The lowest BCUT2D eigenvalue weighted by Crippen LogP contribution is -2.44. The van der Waals surface area contributed by atoms with Gasteiger partial charge in [-0.05, 0) is 106 Å². The van der Waals surface area contributed by atoms with Crippen molar-refractivity contribution in [3.8, 4) is 50.6 Å². The van der Waals surface area contributed by atoms with E-state index < -0.39 is 0 Å². The quantitative estimate of drug-likeness (QED) is 0.125. The molecule has 10 aromatic rings. The summed E-state index contributed by atoms with van der Waals surface area (Å²) in [6, 6.07) is 79.7. The standard InChI is InChI=1S/C58H40N4/c59-37-38-22-24-41(25-23-38)47-17-11-18-48(36-47)58-61-56(45-15-5-2-6-16-45)60-57(62-58)46-32-28-40(29-33-46)39-26-30-44(31-27-39)54-51-21-10-9-20-50(51)53(43-13-3-1-4-14-43)52-35-34-42-12-7-8-19-49(42)55(52)54/h1-36,56,58,61H,(H,60,62). The number of nitrogens with one attached hydrogen (secondary N) is 2. The van der Waals surface area contributed by atoms with E-state index in [1.807, 2.05) is 30.3 Å². The van der Waals surface area contributed by atoms with Gasteiger partial charge in [0, 0.05) is 5.56 Å². The Morgan fingerprint density at radius 2 is 0.935 bits per heavy atom. The molecule has 1 aliphatic heterocycles. The molecule has 4 heteroatoms. The van der Waals surface area contributed by atoms with Gasteiger partial charge in [-0.15, -0.1) is 0 Å². The molecule has 1 aliphatic rings. The minimum atomic E-state index is -0.284. The summed E-state index contributed by atoms with van der Waals surface area (Å²) in [6.45, 7) is 0. The molecule has 0 spiro atoms. The van der Waals surface area contributed by atoms with Crippen molar-refractivity contribution >= 4 is 38.2 Å². The molecule has 0 saturated heterocycles. The van der Waals surface area contributed by atoms with Gasteiger partial charge in [0.15, 0.2) is 0 Å². The topological polar surface area (TPSA) is 60.2 Å². The van der Waals surface area contributed by atoms with E-state index in [-0.39, 0.29) is 12.3 Å². The summed E-state index contributed by atoms with van der Waals surface area (Å²) < 4.78 is 0. The van der Waals surface area contributed by atoms with Gasteiger partial charge in [0.05, 0.1) is 11.6 Å². The molecular weight excluding hydrogens is 753 g/mol. The molecule has 1 heterocycles. The molecule has 0 amide bonds. The van der Waals surface area contributed by atoms with Crippen molar-refractivity contribution in [2.45, 2.75) is 12.3 Å². The first kappa shape index (κ1) is 36.9. The monoisotopic (exact) mass is 792 g/mol. The predicted octanol–water partition coefficient (Wildman–Crippen LogP) is 14.0. The van der Waals surface area contributed by atoms with Crippen molar-refractivity contribution in [3.05, 3.63) is 241 Å². The van der Waals surface area contributed by atoms with Crippen LogP contribution in [0.3, 0.4) is 0 Å². The number of nitrogens with zero attached hydrogens (tertiary/aromatic N) is 2. The average molecular weight is 793 g/mol. The van der Waals surface area contributed by atoms with Gasteiger partial charge >= 0.3 is 0 Å². The molecule has 4 nitrogen and oxygen atoms in total. The van der Waals surface area contributed by atoms with Crippen LogP contribution in [0, 0.1) is 11.3 Å². The summed E-state index contributed by atoms with van der Waals surface area (Å²) in [7, 11) is 0. The van der Waals surface area contributed by atoms with Gasteiger partial charge in [-0.2, -0.15) is 5.26 Å². The van der Waals surface area contributed by atoms with E-state index in [9.17, 15) is 5.26 Å². The lowest BCUT2D eigenvalue weighted by atomic mass is 9.84. The SMILES string of the molecule is N#Cc1ccc(-c2cccc(C3N=C(c4ccc(-c5ccc(-c6c7ccccc7c(-c7ccccc7)c7ccc8ccccc8c67)cc5)cc4)NC(c4ccccc4)N3)c2)cc1. The van der Waals surface area contributed by atoms with Crippen LogP contribution in [0.15, 0.2) is 223 Å². The molecule has 0 saturated carbocycles. The second-order valence-corrected chi connectivity index (χ2v) is 15.9. The normalized spacial score (nSPS) is 14.9. The van der Waals surface area contributed by atoms with Crippen LogP contribution in [0.5, 0.6) is 0 Å². The number of aliphatic imine (C=N–C) groups is 1. The first-order chi connectivity index (χ1) is 30.7. The Hall–Kier alpha value is -8.10. The fourth-order valence-electron chi connectivity index (χ4n) is 9.13. The first-order valence-electron chi connectivity index (χ1n) is 21.1. The zero-order valence-electron chi connectivity index (χ0n) is 33.8. The Kier molecular flexibility index (Phi) is 9.43. The van der Waals surface area contributed by atoms with E-state index in [2.05, 4.69) is 205 Å². The Morgan fingerprint density at radius 1 is 0.403 bits per heavy atom. The Labute approximate surface area is 361 Å². The first-order valence-corrected chi connectivity index (χ1v) is 21.1. The van der Waals surface area contributed by atoms with E-state index in [0.29, 0.717) is 5.56 Å². The van der Waals surface area contributed by atoms with Gasteiger partial charge in [-0.1, -0.05) is 200 Å². The highest BCUT2D eigenvalue weighted by atomic mass is 15.3. The van der Waals surface area contributed by atoms with Gasteiger partial charge < -0.3 is 5.32 Å². The number of nitriles is 1. The van der Waals surface area contributed by atoms with E-state index in [1.54, 1.807) is 0 Å². The summed E-state index contributed by atoms with van der Waals surface area (Å²) in [5.74, 6) is 0.832. The largest absolute Gasteiger partial charge is 0.350 e. The summed E-state index contributed by atoms with van der Waals surface area (Å²) in [6.07, 6.45) is -0.432. The Balaban J connectivity index is 0.952. The van der Waals surface area contributed by atoms with Gasteiger partial charge in [0.2, 0.25) is 0 Å². The summed E-state index contributed by atoms with van der Waals surface area (Å²) in [5.41, 5.74) is 13.2. The van der Waals surface area contributed by atoms with Crippen molar-refractivity contribution < 1.29 is 0 Å². The van der Waals surface area contributed by atoms with Crippen molar-refractivity contribution in [1.29, 1.82) is 5.26 Å². The summed E-state index contributed by atoms with van der Waals surface area (Å²) >= 11 is 0. The molecule has 2 atom stereocenters. The minimum Gasteiger partial charge on any atom is -0.350 e. The zero-order valence-corrected chi connectivity index (χ0v) is 33.8. The lowest BCUT2D eigenvalue weighted by Gasteiger charge is -2.32. The van der Waals surface area contributed by atoms with Crippen molar-refractivity contribution in [3.63, 3.8) is 0 Å². The second-order valence-electron chi connectivity index (χ2n) is 15.9. The molecule has 0 aliphatic carbocycles. The third kappa shape index (κ3) is 6.77. The van der Waals surface area contributed by atoms with E-state index >= 15 is 0 Å². The zero-order chi connectivity index (χ0) is 41.4. The molecule has 62 heavy (non-hydrogen) atoms. The molecule has 2 N–H and O–H groups in total. The number of hydrogen-bond donors (Lipinski definition) is 2. The molecule has 0 fully saturated rings. The van der Waals surface area contributed by atoms with Crippen molar-refractivity contribution in [2.24, 2.45) is 4.99 Å². The highest BCUT2D eigenvalue weighted by Crippen LogP contribution is 2.46. The smallest absolute Gasteiger partial charge is 0.131 e. The van der Waals surface area contributed by atoms with Crippen LogP contribution in [0.4, 0.5) is 0 Å². The number of rotatable bonds is 7. The summed E-state index contributed by atoms with van der Waals surface area (Å²) in [5, 5.41) is 24.3. The van der Waals surface area contributed by atoms with Gasteiger partial charge in [-0.3, -0.25) is 5.32 Å². The summed E-state index contributed by atoms with van der Waals surface area (Å²) in [4.78, 5) is 5.26. The molecule has 2 unspecified atom stereocenters. The highest BCUT2D eigenvalue weighted by molar-refractivity contribution is 6.27. The maximum Gasteiger partial charge on any atom is 0.131 e. The minimum absolute atomic E-state index is 0.148. The maximum absolute atomic E-state index is 9.32. The van der Waals surface area contributed by atoms with Crippen LogP contribution >= 0.6 is 0 Å². The Bertz CT molecular complexity index is 3330. The van der Waals surface area contributed by atoms with Crippen LogP contribution in [0.1, 0.15) is 34.6 Å². The second kappa shape index (κ2) is 15.8. The van der Waals surface area contributed by atoms with Crippen LogP contribution < -0.4 is 10.6 Å². The average Bonchev–Trinajstić information content (AvgIpc) is 3.36. The third-order valence-corrected chi connectivity index (χ3v) is 12.2. The number of benzene rings is 10. The van der Waals surface area contributed by atoms with Crippen LogP contribution in [0.2, 0.25) is 0 Å². The fourth-order valence-corrected chi connectivity index (χ4v) is 9.13. The third-order valence-electron chi connectivity index (χ3n) is 12.2. The molecule has 0 radical (unpaired) electrons. The number of hydrogen-bond acceptors (Lipinski definition) is 4. The maximum atomic E-state index is 9.32. The number of fused-ring (bicyclic) bond motifs is 4. The Morgan fingerprint density at radius 3 is 1.65 bits per heavy atom. The van der Waals surface area contributed by atoms with E-state index in [1.165, 1.54) is 54.6 Å². The van der Waals surface area contributed by atoms with Gasteiger partial charge in [0.25, 0.3) is 0 Å². The van der Waals surface area contributed by atoms with Crippen LogP contribution in [-0.4, -0.2) is 5.84 Å². The van der Waals surface area contributed by atoms with Crippen LogP contribution in [0.25, 0.3) is 76.8 Å². The lowest BCUT2D eigenvalue weighted by molar-refractivity contribution is 0.409. The fraction of sp³-hybridized carbons (Fsp3) is 0.0345. The number of amidine groups is 1. The van der Waals surface area contributed by atoms with Gasteiger partial charge in [0.1, 0.15) is 18.2 Å². The molecular formula is C58H40N4. The van der Waals surface area contributed by atoms with E-state index in [4.69, 9.17) is 4.99 Å².